The molecule has 1 aliphatic rings. The third-order valence-corrected chi connectivity index (χ3v) is 3.34. The van der Waals surface area contributed by atoms with E-state index in [0.29, 0.717) is 18.0 Å². The van der Waals surface area contributed by atoms with Gasteiger partial charge in [0.15, 0.2) is 0 Å². The van der Waals surface area contributed by atoms with Gasteiger partial charge in [0.25, 0.3) is 0 Å². The van der Waals surface area contributed by atoms with Crippen LogP contribution in [0.25, 0.3) is 0 Å². The van der Waals surface area contributed by atoms with Crippen molar-refractivity contribution in [2.45, 2.75) is 38.0 Å². The smallest absolute Gasteiger partial charge is 0.217 e. The first-order valence-electron chi connectivity index (χ1n) is 6.07. The predicted molar refractivity (Wildman–Crippen MR) is 66.1 cm³/mol. The second kappa shape index (κ2) is 5.98. The quantitative estimate of drug-likeness (QED) is 0.846. The van der Waals surface area contributed by atoms with E-state index < -0.39 is 0 Å². The van der Waals surface area contributed by atoms with Crippen LogP contribution in [0.5, 0.6) is 5.88 Å². The summed E-state index contributed by atoms with van der Waals surface area (Å²) in [5, 5.41) is 3.54. The molecule has 0 saturated heterocycles. The SMILES string of the molecule is COc1ncccc1CNC1CCC(OC)C1. The Balaban J connectivity index is 1.85. The van der Waals surface area contributed by atoms with Gasteiger partial charge in [-0.3, -0.25) is 0 Å². The number of pyridine rings is 1. The lowest BCUT2D eigenvalue weighted by Gasteiger charge is -2.14. The van der Waals surface area contributed by atoms with Crippen molar-refractivity contribution in [3.63, 3.8) is 0 Å². The van der Waals surface area contributed by atoms with Crippen molar-refractivity contribution in [1.82, 2.24) is 10.3 Å². The van der Waals surface area contributed by atoms with Crippen molar-refractivity contribution in [3.05, 3.63) is 23.9 Å². The highest BCUT2D eigenvalue weighted by Crippen LogP contribution is 2.22. The highest BCUT2D eigenvalue weighted by Gasteiger charge is 2.23. The summed E-state index contributed by atoms with van der Waals surface area (Å²) in [7, 11) is 3.44. The van der Waals surface area contributed by atoms with Crippen molar-refractivity contribution < 1.29 is 9.47 Å². The van der Waals surface area contributed by atoms with Crippen LogP contribution in [0.3, 0.4) is 0 Å². The van der Waals surface area contributed by atoms with E-state index in [-0.39, 0.29) is 0 Å². The largest absolute Gasteiger partial charge is 0.481 e. The minimum absolute atomic E-state index is 0.420. The van der Waals surface area contributed by atoms with Gasteiger partial charge in [-0.05, 0) is 25.3 Å². The Morgan fingerprint density at radius 3 is 3.00 bits per heavy atom. The summed E-state index contributed by atoms with van der Waals surface area (Å²) >= 11 is 0. The lowest BCUT2D eigenvalue weighted by atomic mass is 10.2. The fraction of sp³-hybridized carbons (Fsp3) is 0.615. The monoisotopic (exact) mass is 236 g/mol. The van der Waals surface area contributed by atoms with Crippen LogP contribution in [0.1, 0.15) is 24.8 Å². The van der Waals surface area contributed by atoms with E-state index in [1.54, 1.807) is 20.4 Å². The van der Waals surface area contributed by atoms with Crippen LogP contribution in [-0.4, -0.2) is 31.3 Å². The number of hydrogen-bond donors (Lipinski definition) is 1. The van der Waals surface area contributed by atoms with E-state index in [9.17, 15) is 0 Å². The van der Waals surface area contributed by atoms with Gasteiger partial charge in [-0.15, -0.1) is 0 Å². The lowest BCUT2D eigenvalue weighted by molar-refractivity contribution is 0.107. The third-order valence-electron chi connectivity index (χ3n) is 3.34. The van der Waals surface area contributed by atoms with E-state index in [2.05, 4.69) is 10.3 Å². The lowest BCUT2D eigenvalue weighted by Crippen LogP contribution is -2.26. The highest BCUT2D eigenvalue weighted by molar-refractivity contribution is 5.25. The molecule has 2 rings (SSSR count). The average Bonchev–Trinajstić information content (AvgIpc) is 2.84. The normalized spacial score (nSPS) is 23.9. The van der Waals surface area contributed by atoms with E-state index in [0.717, 1.165) is 24.9 Å². The van der Waals surface area contributed by atoms with Gasteiger partial charge in [-0.1, -0.05) is 6.07 Å². The summed E-state index contributed by atoms with van der Waals surface area (Å²) in [5.41, 5.74) is 1.11. The van der Waals surface area contributed by atoms with Gasteiger partial charge in [-0.25, -0.2) is 4.98 Å². The zero-order chi connectivity index (χ0) is 12.1. The van der Waals surface area contributed by atoms with Crippen LogP contribution < -0.4 is 10.1 Å². The highest BCUT2D eigenvalue weighted by atomic mass is 16.5. The van der Waals surface area contributed by atoms with Crippen molar-refractivity contribution in [3.8, 4) is 5.88 Å². The zero-order valence-corrected chi connectivity index (χ0v) is 10.5. The maximum absolute atomic E-state index is 5.36. The Morgan fingerprint density at radius 2 is 2.29 bits per heavy atom. The molecule has 2 atom stereocenters. The molecule has 1 N–H and O–H groups in total. The molecule has 0 amide bonds. The number of aromatic nitrogens is 1. The van der Waals surface area contributed by atoms with Gasteiger partial charge >= 0.3 is 0 Å². The molecule has 1 aromatic heterocycles. The maximum Gasteiger partial charge on any atom is 0.217 e. The molecule has 0 radical (unpaired) electrons. The Hall–Kier alpha value is -1.13. The topological polar surface area (TPSA) is 43.4 Å². The van der Waals surface area contributed by atoms with Crippen LogP contribution in [-0.2, 0) is 11.3 Å². The van der Waals surface area contributed by atoms with Crippen molar-refractivity contribution >= 4 is 0 Å². The number of rotatable bonds is 5. The summed E-state index contributed by atoms with van der Waals surface area (Å²) < 4.78 is 10.6. The molecule has 17 heavy (non-hydrogen) atoms. The molecule has 0 aliphatic heterocycles. The summed E-state index contributed by atoms with van der Waals surface area (Å²) in [6, 6.07) is 4.53. The molecule has 1 fully saturated rings. The van der Waals surface area contributed by atoms with E-state index >= 15 is 0 Å². The summed E-state index contributed by atoms with van der Waals surface area (Å²) in [5.74, 6) is 0.710. The van der Waals surface area contributed by atoms with Gasteiger partial charge in [0.05, 0.1) is 13.2 Å². The van der Waals surface area contributed by atoms with Gasteiger partial charge in [0.2, 0.25) is 5.88 Å². The summed E-state index contributed by atoms with van der Waals surface area (Å²) in [4.78, 5) is 4.19. The van der Waals surface area contributed by atoms with Crippen molar-refractivity contribution in [2.24, 2.45) is 0 Å². The van der Waals surface area contributed by atoms with Gasteiger partial charge in [-0.2, -0.15) is 0 Å². The zero-order valence-electron chi connectivity index (χ0n) is 10.5. The molecule has 0 spiro atoms. The molecule has 0 aromatic carbocycles. The molecule has 2 unspecified atom stereocenters. The van der Waals surface area contributed by atoms with Gasteiger partial charge < -0.3 is 14.8 Å². The van der Waals surface area contributed by atoms with E-state index in [1.165, 1.54) is 6.42 Å². The number of nitrogens with zero attached hydrogens (tertiary/aromatic N) is 1. The molecule has 1 aromatic rings. The first kappa shape index (κ1) is 12.3. The predicted octanol–water partition coefficient (Wildman–Crippen LogP) is 1.75. The molecule has 4 heteroatoms. The first-order chi connectivity index (χ1) is 8.33. The number of methoxy groups -OCH3 is 2. The molecule has 1 heterocycles. The van der Waals surface area contributed by atoms with Crippen LogP contribution in [0.4, 0.5) is 0 Å². The van der Waals surface area contributed by atoms with Gasteiger partial charge in [0, 0.05) is 31.5 Å². The Bertz CT molecular complexity index is 357. The van der Waals surface area contributed by atoms with Crippen LogP contribution >= 0.6 is 0 Å². The fourth-order valence-corrected chi connectivity index (χ4v) is 2.34. The number of nitrogens with one attached hydrogen (secondary N) is 1. The average molecular weight is 236 g/mol. The van der Waals surface area contributed by atoms with Crippen LogP contribution in [0.15, 0.2) is 18.3 Å². The minimum atomic E-state index is 0.420. The van der Waals surface area contributed by atoms with E-state index in [1.807, 2.05) is 12.1 Å². The molecule has 0 bridgehead atoms. The molecular weight excluding hydrogens is 216 g/mol. The van der Waals surface area contributed by atoms with Crippen LogP contribution in [0, 0.1) is 0 Å². The molecule has 94 valence electrons. The molecule has 4 nitrogen and oxygen atoms in total. The Morgan fingerprint density at radius 1 is 1.41 bits per heavy atom. The Labute approximate surface area is 102 Å². The number of hydrogen-bond acceptors (Lipinski definition) is 4. The maximum atomic E-state index is 5.36. The summed E-state index contributed by atoms with van der Waals surface area (Å²) in [6.45, 7) is 0.804. The van der Waals surface area contributed by atoms with Crippen LogP contribution in [0.2, 0.25) is 0 Å². The molecular formula is C13H20N2O2. The molecule has 1 aliphatic carbocycles. The Kier molecular flexibility index (Phi) is 4.34. The fourth-order valence-electron chi connectivity index (χ4n) is 2.34. The van der Waals surface area contributed by atoms with Crippen molar-refractivity contribution in [2.75, 3.05) is 14.2 Å². The number of ether oxygens (including phenoxy) is 2. The second-order valence-electron chi connectivity index (χ2n) is 4.42. The van der Waals surface area contributed by atoms with Gasteiger partial charge in [0.1, 0.15) is 0 Å². The minimum Gasteiger partial charge on any atom is -0.481 e. The first-order valence-corrected chi connectivity index (χ1v) is 6.07. The summed E-state index contributed by atoms with van der Waals surface area (Å²) in [6.07, 6.45) is 5.60. The third kappa shape index (κ3) is 3.17. The van der Waals surface area contributed by atoms with Crippen molar-refractivity contribution in [1.29, 1.82) is 0 Å². The molecule has 1 saturated carbocycles. The van der Waals surface area contributed by atoms with E-state index in [4.69, 9.17) is 9.47 Å². The standard InChI is InChI=1S/C13H20N2O2/c1-16-12-6-5-11(8-12)15-9-10-4-3-7-14-13(10)17-2/h3-4,7,11-12,15H,5-6,8-9H2,1-2H3. The second-order valence-corrected chi connectivity index (χ2v) is 4.42.